The summed E-state index contributed by atoms with van der Waals surface area (Å²) >= 11 is 1.81. The van der Waals surface area contributed by atoms with Crippen molar-refractivity contribution in [1.29, 1.82) is 0 Å². The van der Waals surface area contributed by atoms with Crippen LogP contribution in [0.1, 0.15) is 0 Å². The van der Waals surface area contributed by atoms with Gasteiger partial charge in [-0.1, -0.05) is 158 Å². The van der Waals surface area contributed by atoms with Crippen LogP contribution in [-0.2, 0) is 0 Å². The molecule has 5 nitrogen and oxygen atoms in total. The van der Waals surface area contributed by atoms with Gasteiger partial charge in [-0.2, -0.15) is 9.97 Å². The van der Waals surface area contributed by atoms with Gasteiger partial charge in [-0.15, -0.1) is 11.3 Å². The van der Waals surface area contributed by atoms with Crippen molar-refractivity contribution in [3.05, 3.63) is 188 Å². The van der Waals surface area contributed by atoms with E-state index >= 15 is 0 Å². The number of hydrogen-bond acceptors (Lipinski definition) is 4. The molecule has 0 N–H and O–H groups in total. The van der Waals surface area contributed by atoms with Crippen LogP contribution in [-0.4, -0.2) is 24.1 Å². The van der Waals surface area contributed by atoms with Gasteiger partial charge in [0.2, 0.25) is 5.95 Å². The Morgan fingerprint density at radius 1 is 0.333 bits per heavy atom. The van der Waals surface area contributed by atoms with Crippen molar-refractivity contribution in [3.8, 4) is 45.5 Å². The highest BCUT2D eigenvalue weighted by atomic mass is 32.1. The predicted octanol–water partition coefficient (Wildman–Crippen LogP) is 13.4. The minimum Gasteiger partial charge on any atom is -0.307 e. The van der Waals surface area contributed by atoms with Crippen molar-refractivity contribution in [1.82, 2.24) is 24.1 Å². The van der Waals surface area contributed by atoms with E-state index in [9.17, 15) is 0 Å². The molecule has 0 saturated heterocycles. The Kier molecular flexibility index (Phi) is 7.03. The first-order valence-electron chi connectivity index (χ1n) is 19.1. The molecule has 0 radical (unpaired) electrons. The standard InChI is InChI=1S/C51H31N5S/c1-4-16-32(17-5-1)35-24-14-25-40-41-26-15-27-42(48(41)57-47(35)40)50-52-49(33-18-6-2-7-19-33)53-51(54-50)56-44-29-13-11-23-37(44)39-31-30-38-36-22-10-12-28-43(36)55(45(38)46(39)56)34-20-8-3-9-21-34/h1-31H. The van der Waals surface area contributed by atoms with Crippen molar-refractivity contribution in [3.63, 3.8) is 0 Å². The molecule has 0 saturated carbocycles. The molecule has 4 heterocycles. The lowest BCUT2D eigenvalue weighted by Crippen LogP contribution is -2.07. The fraction of sp³-hybridized carbons (Fsp3) is 0. The van der Waals surface area contributed by atoms with Gasteiger partial charge >= 0.3 is 0 Å². The van der Waals surface area contributed by atoms with Gasteiger partial charge in [0.1, 0.15) is 0 Å². The molecule has 0 unspecified atom stereocenters. The fourth-order valence-electron chi connectivity index (χ4n) is 8.70. The molecule has 0 amide bonds. The van der Waals surface area contributed by atoms with Crippen LogP contribution in [0, 0.1) is 0 Å². The second-order valence-electron chi connectivity index (χ2n) is 14.4. The van der Waals surface area contributed by atoms with Gasteiger partial charge in [0.05, 0.1) is 22.1 Å². The number of benzene rings is 8. The van der Waals surface area contributed by atoms with Gasteiger partial charge in [-0.3, -0.25) is 4.57 Å². The van der Waals surface area contributed by atoms with Crippen LogP contribution in [0.3, 0.4) is 0 Å². The van der Waals surface area contributed by atoms with Crippen molar-refractivity contribution in [2.45, 2.75) is 0 Å². The Labute approximate surface area is 331 Å². The summed E-state index contributed by atoms with van der Waals surface area (Å²) in [6.45, 7) is 0. The fourth-order valence-corrected chi connectivity index (χ4v) is 10.0. The van der Waals surface area contributed by atoms with Crippen molar-refractivity contribution in [2.24, 2.45) is 0 Å². The van der Waals surface area contributed by atoms with Gasteiger partial charge in [0.25, 0.3) is 0 Å². The smallest absolute Gasteiger partial charge is 0.238 e. The van der Waals surface area contributed by atoms with E-state index in [2.05, 4.69) is 179 Å². The molecule has 266 valence electrons. The van der Waals surface area contributed by atoms with Gasteiger partial charge in [0, 0.05) is 58.5 Å². The number of fused-ring (bicyclic) bond motifs is 10. The molecule has 57 heavy (non-hydrogen) atoms. The van der Waals surface area contributed by atoms with E-state index in [0.717, 1.165) is 54.4 Å². The zero-order valence-electron chi connectivity index (χ0n) is 30.5. The summed E-state index contributed by atoms with van der Waals surface area (Å²) in [4.78, 5) is 16.1. The molecule has 0 aliphatic heterocycles. The molecule has 0 spiro atoms. The van der Waals surface area contributed by atoms with E-state index < -0.39 is 0 Å². The third kappa shape index (κ3) is 4.84. The molecule has 8 aromatic carbocycles. The Balaban J connectivity index is 1.20. The molecule has 6 heteroatoms. The number of nitrogens with zero attached hydrogens (tertiary/aromatic N) is 5. The number of rotatable bonds is 5. The summed E-state index contributed by atoms with van der Waals surface area (Å²) in [6, 6.07) is 66.5. The molecular weight excluding hydrogens is 715 g/mol. The van der Waals surface area contributed by atoms with Crippen molar-refractivity contribution < 1.29 is 0 Å². The Bertz CT molecular complexity index is 3510. The third-order valence-corrected chi connectivity index (χ3v) is 12.5. The lowest BCUT2D eigenvalue weighted by atomic mass is 10.0. The molecule has 4 aromatic heterocycles. The van der Waals surface area contributed by atoms with E-state index in [1.165, 1.54) is 37.4 Å². The number of para-hydroxylation sites is 3. The SMILES string of the molecule is c1ccc(-c2nc(-c3cccc4c3sc3c(-c5ccccc5)cccc34)nc(-n3c4ccccc4c4ccc5c6ccccc6n(-c6ccccc6)c5c43)n2)cc1. The van der Waals surface area contributed by atoms with E-state index in [1.54, 1.807) is 0 Å². The van der Waals surface area contributed by atoms with Crippen LogP contribution in [0.25, 0.3) is 109 Å². The van der Waals surface area contributed by atoms with Gasteiger partial charge in [-0.05, 0) is 41.5 Å². The molecule has 0 bridgehead atoms. The average molecular weight is 746 g/mol. The Morgan fingerprint density at radius 2 is 0.825 bits per heavy atom. The average Bonchev–Trinajstić information content (AvgIpc) is 3.95. The maximum absolute atomic E-state index is 5.47. The largest absolute Gasteiger partial charge is 0.307 e. The highest BCUT2D eigenvalue weighted by Crippen LogP contribution is 2.45. The minimum absolute atomic E-state index is 0.575. The summed E-state index contributed by atoms with van der Waals surface area (Å²) in [5.74, 6) is 1.84. The third-order valence-electron chi connectivity index (χ3n) is 11.2. The summed E-state index contributed by atoms with van der Waals surface area (Å²) in [5.41, 5.74) is 9.79. The normalized spacial score (nSPS) is 11.9. The van der Waals surface area contributed by atoms with Crippen LogP contribution in [0.15, 0.2) is 188 Å². The quantitative estimate of drug-likeness (QED) is 0.176. The highest BCUT2D eigenvalue weighted by molar-refractivity contribution is 7.26. The number of thiophene rings is 1. The first kappa shape index (κ1) is 31.9. The Hall–Kier alpha value is -7.41. The minimum atomic E-state index is 0.575. The maximum atomic E-state index is 5.47. The molecule has 0 atom stereocenters. The first-order valence-corrected chi connectivity index (χ1v) is 19.9. The van der Waals surface area contributed by atoms with Crippen LogP contribution in [0.2, 0.25) is 0 Å². The van der Waals surface area contributed by atoms with Crippen LogP contribution < -0.4 is 0 Å². The van der Waals surface area contributed by atoms with E-state index in [-0.39, 0.29) is 0 Å². The predicted molar refractivity (Wildman–Crippen MR) is 238 cm³/mol. The van der Waals surface area contributed by atoms with E-state index in [4.69, 9.17) is 15.0 Å². The molecule has 12 rings (SSSR count). The van der Waals surface area contributed by atoms with E-state index in [0.29, 0.717) is 17.6 Å². The highest BCUT2D eigenvalue weighted by Gasteiger charge is 2.24. The summed E-state index contributed by atoms with van der Waals surface area (Å²) in [7, 11) is 0. The second kappa shape index (κ2) is 12.6. The van der Waals surface area contributed by atoms with Crippen molar-refractivity contribution >= 4 is 75.1 Å². The van der Waals surface area contributed by atoms with Crippen LogP contribution in [0.5, 0.6) is 0 Å². The molecule has 0 fully saturated rings. The zero-order valence-corrected chi connectivity index (χ0v) is 31.4. The van der Waals surface area contributed by atoms with Crippen LogP contribution >= 0.6 is 11.3 Å². The lowest BCUT2D eigenvalue weighted by molar-refractivity contribution is 0.954. The number of hydrogen-bond donors (Lipinski definition) is 0. The topological polar surface area (TPSA) is 48.5 Å². The van der Waals surface area contributed by atoms with Gasteiger partial charge in [-0.25, -0.2) is 4.98 Å². The second-order valence-corrected chi connectivity index (χ2v) is 15.4. The molecule has 0 aliphatic rings. The summed E-state index contributed by atoms with van der Waals surface area (Å²) in [5, 5.41) is 7.08. The zero-order chi connectivity index (χ0) is 37.5. The monoisotopic (exact) mass is 745 g/mol. The lowest BCUT2D eigenvalue weighted by Gasteiger charge is -2.13. The van der Waals surface area contributed by atoms with Crippen molar-refractivity contribution in [2.75, 3.05) is 0 Å². The van der Waals surface area contributed by atoms with Crippen LogP contribution in [0.4, 0.5) is 0 Å². The molecular formula is C51H31N5S. The molecule has 12 aromatic rings. The Morgan fingerprint density at radius 3 is 1.49 bits per heavy atom. The first-order chi connectivity index (χ1) is 28.3. The molecule has 0 aliphatic carbocycles. The maximum Gasteiger partial charge on any atom is 0.238 e. The van der Waals surface area contributed by atoms with E-state index in [1.807, 2.05) is 29.5 Å². The van der Waals surface area contributed by atoms with Gasteiger partial charge < -0.3 is 4.57 Å². The van der Waals surface area contributed by atoms with Gasteiger partial charge in [0.15, 0.2) is 11.6 Å². The summed E-state index contributed by atoms with van der Waals surface area (Å²) < 4.78 is 7.06. The summed E-state index contributed by atoms with van der Waals surface area (Å²) in [6.07, 6.45) is 0. The number of aromatic nitrogens is 5.